The van der Waals surface area contributed by atoms with E-state index >= 15 is 0 Å². The number of aromatic nitrogens is 2. The van der Waals surface area contributed by atoms with Crippen LogP contribution < -0.4 is 11.1 Å². The molecule has 0 bridgehead atoms. The van der Waals surface area contributed by atoms with Crippen molar-refractivity contribution < 1.29 is 4.79 Å². The molecule has 0 spiro atoms. The minimum absolute atomic E-state index is 0.0481. The topological polar surface area (TPSA) is 83.8 Å². The van der Waals surface area contributed by atoms with E-state index < -0.39 is 0 Å². The number of hydrogen-bond donors (Lipinski definition) is 3. The van der Waals surface area contributed by atoms with Gasteiger partial charge in [-0.15, -0.1) is 0 Å². The van der Waals surface area contributed by atoms with Crippen LogP contribution in [0.2, 0.25) is 0 Å². The Bertz CT molecular complexity index is 478. The Hall–Kier alpha value is -2.14. The van der Waals surface area contributed by atoms with Crippen molar-refractivity contribution in [3.63, 3.8) is 0 Å². The Morgan fingerprint density at radius 3 is 2.81 bits per heavy atom. The first-order chi connectivity index (χ1) is 7.79. The molecule has 0 radical (unpaired) electrons. The molecule has 5 heteroatoms. The fraction of sp³-hybridized carbons (Fsp3) is 0.0909. The maximum absolute atomic E-state index is 11.0. The number of carbonyl (C=O) groups excluding carboxylic acids is 1. The van der Waals surface area contributed by atoms with E-state index in [0.717, 1.165) is 11.3 Å². The molecule has 0 atom stereocenters. The molecule has 0 saturated carbocycles. The lowest BCUT2D eigenvalue weighted by Crippen LogP contribution is -2.21. The molecule has 1 amide bonds. The summed E-state index contributed by atoms with van der Waals surface area (Å²) >= 11 is 0. The van der Waals surface area contributed by atoms with Crippen LogP contribution in [0.4, 0.5) is 5.82 Å². The van der Waals surface area contributed by atoms with Gasteiger partial charge >= 0.3 is 0 Å². The smallest absolute Gasteiger partial charge is 0.239 e. The van der Waals surface area contributed by atoms with Gasteiger partial charge in [0.05, 0.1) is 12.2 Å². The highest BCUT2D eigenvalue weighted by Gasteiger charge is 2.05. The number of hydrogen-bond acceptors (Lipinski definition) is 3. The van der Waals surface area contributed by atoms with Crippen LogP contribution in [0.3, 0.4) is 0 Å². The molecular formula is C11H12N4O. The van der Waals surface area contributed by atoms with Gasteiger partial charge in [-0.1, -0.05) is 30.3 Å². The van der Waals surface area contributed by atoms with Gasteiger partial charge in [0.2, 0.25) is 5.91 Å². The van der Waals surface area contributed by atoms with Crippen LogP contribution in [0.5, 0.6) is 0 Å². The van der Waals surface area contributed by atoms with Crippen LogP contribution in [0.15, 0.2) is 36.4 Å². The number of carbonyl (C=O) groups is 1. The molecule has 4 N–H and O–H groups in total. The Morgan fingerprint density at radius 2 is 2.12 bits per heavy atom. The first kappa shape index (κ1) is 10.4. The normalized spacial score (nSPS) is 10.1. The number of amides is 1. The van der Waals surface area contributed by atoms with Crippen molar-refractivity contribution in [2.24, 2.45) is 5.73 Å². The first-order valence-corrected chi connectivity index (χ1v) is 4.90. The van der Waals surface area contributed by atoms with Crippen molar-refractivity contribution in [3.05, 3.63) is 36.4 Å². The highest BCUT2D eigenvalue weighted by molar-refractivity contribution is 5.91. The lowest BCUT2D eigenvalue weighted by atomic mass is 10.2. The van der Waals surface area contributed by atoms with Gasteiger partial charge in [-0.05, 0) is 5.56 Å². The molecular weight excluding hydrogens is 204 g/mol. The van der Waals surface area contributed by atoms with Gasteiger partial charge in [0.1, 0.15) is 0 Å². The maximum atomic E-state index is 11.0. The SMILES string of the molecule is NCC(=O)Nc1cc(-c2ccccc2)[nH]n1. The quantitative estimate of drug-likeness (QED) is 0.714. The lowest BCUT2D eigenvalue weighted by molar-refractivity contribution is -0.114. The monoisotopic (exact) mass is 216 g/mol. The third-order valence-corrected chi connectivity index (χ3v) is 2.12. The van der Waals surface area contributed by atoms with Crippen molar-refractivity contribution in [1.29, 1.82) is 0 Å². The fourth-order valence-corrected chi connectivity index (χ4v) is 1.35. The van der Waals surface area contributed by atoms with Gasteiger partial charge < -0.3 is 11.1 Å². The van der Waals surface area contributed by atoms with E-state index in [0.29, 0.717) is 5.82 Å². The second-order valence-electron chi connectivity index (χ2n) is 3.29. The molecule has 0 aliphatic heterocycles. The predicted octanol–water partition coefficient (Wildman–Crippen LogP) is 0.974. The molecule has 0 unspecified atom stereocenters. The number of H-pyrrole nitrogens is 1. The minimum atomic E-state index is -0.258. The summed E-state index contributed by atoms with van der Waals surface area (Å²) in [7, 11) is 0. The van der Waals surface area contributed by atoms with E-state index in [-0.39, 0.29) is 12.5 Å². The summed E-state index contributed by atoms with van der Waals surface area (Å²) in [6, 6.07) is 11.5. The van der Waals surface area contributed by atoms with Crippen LogP contribution in [-0.2, 0) is 4.79 Å². The van der Waals surface area contributed by atoms with Crippen molar-refractivity contribution >= 4 is 11.7 Å². The van der Waals surface area contributed by atoms with Gasteiger partial charge in [0, 0.05) is 6.07 Å². The number of benzene rings is 1. The average molecular weight is 216 g/mol. The molecule has 1 aromatic carbocycles. The molecule has 0 saturated heterocycles. The summed E-state index contributed by atoms with van der Waals surface area (Å²) in [5.74, 6) is 0.223. The molecule has 0 aliphatic rings. The van der Waals surface area contributed by atoms with Crippen molar-refractivity contribution in [2.75, 3.05) is 11.9 Å². The zero-order chi connectivity index (χ0) is 11.4. The minimum Gasteiger partial charge on any atom is -0.322 e. The molecule has 1 heterocycles. The van der Waals surface area contributed by atoms with Crippen LogP contribution in [-0.4, -0.2) is 22.6 Å². The van der Waals surface area contributed by atoms with Crippen molar-refractivity contribution in [2.45, 2.75) is 0 Å². The van der Waals surface area contributed by atoms with Gasteiger partial charge in [-0.2, -0.15) is 5.10 Å². The van der Waals surface area contributed by atoms with E-state index in [1.54, 1.807) is 6.07 Å². The number of rotatable bonds is 3. The van der Waals surface area contributed by atoms with Crippen molar-refractivity contribution in [3.8, 4) is 11.3 Å². The van der Waals surface area contributed by atoms with Gasteiger partial charge in [-0.25, -0.2) is 0 Å². The van der Waals surface area contributed by atoms with Gasteiger partial charge in [-0.3, -0.25) is 9.89 Å². The van der Waals surface area contributed by atoms with Crippen LogP contribution in [0.1, 0.15) is 0 Å². The zero-order valence-corrected chi connectivity index (χ0v) is 8.60. The lowest BCUT2D eigenvalue weighted by Gasteiger charge is -1.96. The number of nitrogens with two attached hydrogens (primary N) is 1. The van der Waals surface area contributed by atoms with E-state index in [2.05, 4.69) is 15.5 Å². The molecule has 5 nitrogen and oxygen atoms in total. The van der Waals surface area contributed by atoms with Crippen LogP contribution in [0, 0.1) is 0 Å². The Labute approximate surface area is 92.7 Å². The summed E-state index contributed by atoms with van der Waals surface area (Å²) in [5, 5.41) is 9.39. The third-order valence-electron chi connectivity index (χ3n) is 2.12. The molecule has 82 valence electrons. The van der Waals surface area contributed by atoms with Crippen molar-refractivity contribution in [1.82, 2.24) is 10.2 Å². The van der Waals surface area contributed by atoms with E-state index in [9.17, 15) is 4.79 Å². The Morgan fingerprint density at radius 1 is 1.38 bits per heavy atom. The standard InChI is InChI=1S/C11H12N4O/c12-7-11(16)13-10-6-9(14-15-10)8-4-2-1-3-5-8/h1-6H,7,12H2,(H2,13,14,15,16). The number of nitrogens with one attached hydrogen (secondary N) is 2. The second kappa shape index (κ2) is 4.59. The van der Waals surface area contributed by atoms with Crippen LogP contribution >= 0.6 is 0 Å². The zero-order valence-electron chi connectivity index (χ0n) is 8.60. The van der Waals surface area contributed by atoms with E-state index in [1.807, 2.05) is 30.3 Å². The second-order valence-corrected chi connectivity index (χ2v) is 3.29. The molecule has 16 heavy (non-hydrogen) atoms. The van der Waals surface area contributed by atoms with Crippen LogP contribution in [0.25, 0.3) is 11.3 Å². The summed E-state index contributed by atoms with van der Waals surface area (Å²) in [6.07, 6.45) is 0. The Kier molecular flexibility index (Phi) is 2.98. The highest BCUT2D eigenvalue weighted by Crippen LogP contribution is 2.18. The molecule has 0 aliphatic carbocycles. The van der Waals surface area contributed by atoms with Gasteiger partial charge in [0.25, 0.3) is 0 Å². The average Bonchev–Trinajstić information content (AvgIpc) is 2.78. The Balaban J connectivity index is 2.17. The third kappa shape index (κ3) is 2.26. The number of nitrogens with zero attached hydrogens (tertiary/aromatic N) is 1. The number of aromatic amines is 1. The summed E-state index contributed by atoms with van der Waals surface area (Å²) in [4.78, 5) is 11.0. The maximum Gasteiger partial charge on any atom is 0.239 e. The summed E-state index contributed by atoms with van der Waals surface area (Å²) < 4.78 is 0. The first-order valence-electron chi connectivity index (χ1n) is 4.90. The van der Waals surface area contributed by atoms with E-state index in [4.69, 9.17) is 5.73 Å². The largest absolute Gasteiger partial charge is 0.322 e. The molecule has 2 rings (SSSR count). The molecule has 1 aromatic heterocycles. The molecule has 2 aromatic rings. The summed E-state index contributed by atoms with van der Waals surface area (Å²) in [6.45, 7) is -0.0481. The highest BCUT2D eigenvalue weighted by atomic mass is 16.1. The van der Waals surface area contributed by atoms with E-state index in [1.165, 1.54) is 0 Å². The molecule has 0 fully saturated rings. The fourth-order valence-electron chi connectivity index (χ4n) is 1.35. The van der Waals surface area contributed by atoms with Gasteiger partial charge in [0.15, 0.2) is 5.82 Å². The number of anilines is 1. The summed E-state index contributed by atoms with van der Waals surface area (Å²) in [5.41, 5.74) is 7.06. The predicted molar refractivity (Wildman–Crippen MR) is 61.7 cm³/mol.